The van der Waals surface area contributed by atoms with E-state index in [-0.39, 0.29) is 26.1 Å². The smallest absolute Gasteiger partial charge is 0.210 e. The summed E-state index contributed by atoms with van der Waals surface area (Å²) in [7, 11) is 0. The van der Waals surface area contributed by atoms with E-state index in [0.29, 0.717) is 46.0 Å². The number of allylic oxidation sites excluding steroid dienone is 2. The largest absolute Gasteiger partial charge is 0.325 e. The third-order valence-corrected chi connectivity index (χ3v) is 9.15. The lowest BCUT2D eigenvalue weighted by molar-refractivity contribution is 0.104. The van der Waals surface area contributed by atoms with Crippen LogP contribution in [0.3, 0.4) is 0 Å². The van der Waals surface area contributed by atoms with Crippen molar-refractivity contribution in [3.63, 3.8) is 0 Å². The Hall–Kier alpha value is -5.09. The van der Waals surface area contributed by atoms with Crippen LogP contribution in [-0.4, -0.2) is 39.1 Å². The Bertz CT molecular complexity index is 2480. The number of aromatic amines is 2. The van der Waals surface area contributed by atoms with Gasteiger partial charge in [-0.2, -0.15) is 0 Å². The molecule has 210 valence electrons. The quantitative estimate of drug-likeness (QED) is 0.189. The highest BCUT2D eigenvalue weighted by atomic mass is 35.5. The molecule has 4 aliphatic rings. The van der Waals surface area contributed by atoms with Gasteiger partial charge in [0, 0.05) is 33.0 Å². The fourth-order valence-electron chi connectivity index (χ4n) is 5.83. The standard InChI is InChI=1S/C32H15Cl3N8O/c33-21-19-20(24(44)23(35)22(21)34)32-42-30-18-12-6-4-10-16(18)28(40-30)38-26-14-8-2-1-7-13(14)25(36-26)37-27-15-9-3-5-11-17(15)29(39-27)41-31(19)43-32/h1-12,36H,(H,38,40,42)(H,37,39,41,43). The van der Waals surface area contributed by atoms with Crippen LogP contribution in [0, 0.1) is 0 Å². The number of fused-ring (bicyclic) bond motifs is 18. The second-order valence-corrected chi connectivity index (χ2v) is 11.5. The molecule has 0 saturated carbocycles. The Morgan fingerprint density at radius 2 is 1.09 bits per heavy atom. The highest BCUT2D eigenvalue weighted by Crippen LogP contribution is 2.37. The molecule has 3 N–H and O–H groups in total. The van der Waals surface area contributed by atoms with Crippen molar-refractivity contribution in [1.29, 1.82) is 0 Å². The van der Waals surface area contributed by atoms with Crippen LogP contribution in [0.25, 0.3) is 15.8 Å². The summed E-state index contributed by atoms with van der Waals surface area (Å²) < 4.78 is 0. The summed E-state index contributed by atoms with van der Waals surface area (Å²) in [6, 6.07) is 23.3. The van der Waals surface area contributed by atoms with Gasteiger partial charge in [-0.15, -0.1) is 0 Å². The van der Waals surface area contributed by atoms with E-state index in [1.807, 2.05) is 72.8 Å². The van der Waals surface area contributed by atoms with E-state index in [2.05, 4.69) is 15.3 Å². The molecular weight excluding hydrogens is 619 g/mol. The topological polar surface area (TPSA) is 122 Å². The number of benzene rings is 3. The second kappa shape index (κ2) is 9.20. The molecule has 0 spiro atoms. The molecule has 0 unspecified atom stereocenters. The van der Waals surface area contributed by atoms with Gasteiger partial charge in [0.2, 0.25) is 5.78 Å². The first-order chi connectivity index (χ1) is 21.5. The molecule has 5 aromatic rings. The average molecular weight is 634 g/mol. The van der Waals surface area contributed by atoms with Gasteiger partial charge in [0.15, 0.2) is 17.5 Å². The molecule has 1 aliphatic carbocycles. The first kappa shape index (κ1) is 25.4. The Labute approximate surface area is 262 Å². The summed E-state index contributed by atoms with van der Waals surface area (Å²) >= 11 is 19.5. The van der Waals surface area contributed by atoms with Gasteiger partial charge in [-0.25, -0.2) is 25.0 Å². The van der Waals surface area contributed by atoms with E-state index < -0.39 is 5.78 Å². The van der Waals surface area contributed by atoms with Crippen molar-refractivity contribution < 1.29 is 4.79 Å². The lowest BCUT2D eigenvalue weighted by atomic mass is 10.1. The molecule has 9 nitrogen and oxygen atoms in total. The van der Waals surface area contributed by atoms with Gasteiger partial charge in [0.25, 0.3) is 0 Å². The Kier molecular flexibility index (Phi) is 5.32. The summed E-state index contributed by atoms with van der Waals surface area (Å²) in [6.07, 6.45) is 0. The van der Waals surface area contributed by atoms with Crippen LogP contribution in [0.5, 0.6) is 0 Å². The van der Waals surface area contributed by atoms with Gasteiger partial charge in [0.05, 0.1) is 20.8 Å². The van der Waals surface area contributed by atoms with Crippen molar-refractivity contribution >= 4 is 97.2 Å². The van der Waals surface area contributed by atoms with E-state index in [0.717, 1.165) is 33.0 Å². The summed E-state index contributed by atoms with van der Waals surface area (Å²) in [5.74, 6) is 2.81. The van der Waals surface area contributed by atoms with Gasteiger partial charge in [-0.05, 0) is 0 Å². The second-order valence-electron chi connectivity index (χ2n) is 10.3. The van der Waals surface area contributed by atoms with Gasteiger partial charge >= 0.3 is 0 Å². The fourth-order valence-corrected chi connectivity index (χ4v) is 6.53. The molecule has 8 bridgehead atoms. The van der Waals surface area contributed by atoms with Crippen molar-refractivity contribution in [3.05, 3.63) is 121 Å². The highest BCUT2D eigenvalue weighted by Gasteiger charge is 2.32. The zero-order valence-electron chi connectivity index (χ0n) is 22.2. The minimum absolute atomic E-state index is 0.0538. The Morgan fingerprint density at radius 1 is 0.545 bits per heavy atom. The number of H-pyrrole nitrogens is 2. The third kappa shape index (κ3) is 3.54. The molecule has 0 saturated heterocycles. The van der Waals surface area contributed by atoms with Crippen LogP contribution < -0.4 is 16.0 Å². The van der Waals surface area contributed by atoms with Crippen molar-refractivity contribution in [3.8, 4) is 0 Å². The third-order valence-electron chi connectivity index (χ3n) is 7.84. The Balaban J connectivity index is 1.41. The number of anilines is 1. The molecule has 9 rings (SSSR count). The maximum Gasteiger partial charge on any atom is 0.210 e. The number of hydrogen-bond donors (Lipinski definition) is 3. The van der Waals surface area contributed by atoms with Crippen molar-refractivity contribution in [2.45, 2.75) is 0 Å². The molecular formula is C32H15Cl3N8O. The first-order valence-electron chi connectivity index (χ1n) is 13.5. The molecule has 44 heavy (non-hydrogen) atoms. The maximum absolute atomic E-state index is 13.6. The van der Waals surface area contributed by atoms with Crippen molar-refractivity contribution in [1.82, 2.24) is 9.97 Å². The monoisotopic (exact) mass is 632 g/mol. The number of carbonyl (C=O) groups is 1. The molecule has 0 amide bonds. The number of aromatic nitrogens is 2. The van der Waals surface area contributed by atoms with Crippen molar-refractivity contribution in [2.75, 3.05) is 5.32 Å². The zero-order chi connectivity index (χ0) is 29.7. The number of rotatable bonds is 0. The molecule has 5 heterocycles. The minimum Gasteiger partial charge on any atom is -0.325 e. The number of hydrogen-bond acceptors (Lipinski definition) is 7. The molecule has 0 atom stereocenters. The van der Waals surface area contributed by atoms with Crippen LogP contribution in [0.2, 0.25) is 0 Å². The van der Waals surface area contributed by atoms with Gasteiger partial charge in [-0.1, -0.05) is 108 Å². The van der Waals surface area contributed by atoms with Crippen LogP contribution in [-0.2, 0) is 0 Å². The maximum atomic E-state index is 13.6. The molecule has 2 aromatic heterocycles. The zero-order valence-corrected chi connectivity index (χ0v) is 24.5. The summed E-state index contributed by atoms with van der Waals surface area (Å²) in [4.78, 5) is 44.7. The number of Topliss-reactive ketones (excluding diaryl/α,β-unsaturated/α-hetero) is 1. The summed E-state index contributed by atoms with van der Waals surface area (Å²) in [5, 5.41) is 5.23. The van der Waals surface area contributed by atoms with Gasteiger partial charge in [0.1, 0.15) is 33.8 Å². The van der Waals surface area contributed by atoms with Crippen LogP contribution >= 0.6 is 34.8 Å². The van der Waals surface area contributed by atoms with E-state index in [1.54, 1.807) is 0 Å². The van der Waals surface area contributed by atoms with Crippen molar-refractivity contribution in [2.24, 2.45) is 25.0 Å². The number of ketones is 1. The average Bonchev–Trinajstić information content (AvgIpc) is 3.78. The normalized spacial score (nSPS) is 16.4. The number of carbonyl (C=O) groups excluding carboxylic acids is 1. The van der Waals surface area contributed by atoms with Gasteiger partial charge in [-0.3, -0.25) is 4.79 Å². The van der Waals surface area contributed by atoms with Crippen LogP contribution in [0.15, 0.2) is 108 Å². The first-order valence-corrected chi connectivity index (χ1v) is 14.6. The molecule has 3 aliphatic heterocycles. The number of nitrogens with zero attached hydrogens (tertiary/aromatic N) is 5. The number of amidine groups is 4. The highest BCUT2D eigenvalue weighted by molar-refractivity contribution is 6.63. The van der Waals surface area contributed by atoms with E-state index in [4.69, 9.17) is 59.8 Å². The lowest BCUT2D eigenvalue weighted by Crippen LogP contribution is -2.32. The molecule has 0 radical (unpaired) electrons. The Morgan fingerprint density at radius 3 is 1.75 bits per heavy atom. The SMILES string of the molecule is O=C1C(Cl)=C(Cl)C(Cl)=c2c1c1[nH]c2=NC2=NC(=Nc3[nH]c(c4ccccc34)N=C3N=C(N1)c1ccccc13)c1ccccc12. The molecule has 3 aromatic carbocycles. The van der Waals surface area contributed by atoms with Gasteiger partial charge < -0.3 is 15.3 Å². The molecule has 12 heteroatoms. The predicted octanol–water partition coefficient (Wildman–Crippen LogP) is 6.15. The molecule has 0 fully saturated rings. The van der Waals surface area contributed by atoms with E-state index in [1.165, 1.54) is 0 Å². The van der Waals surface area contributed by atoms with E-state index >= 15 is 0 Å². The van der Waals surface area contributed by atoms with Crippen LogP contribution in [0.1, 0.15) is 32.6 Å². The minimum atomic E-state index is -0.504. The summed E-state index contributed by atoms with van der Waals surface area (Å²) in [5.41, 5.74) is 3.64. The number of aliphatic imine (C=N–C) groups is 4. The fraction of sp³-hybridized carbons (Fsp3) is 0. The van der Waals surface area contributed by atoms with E-state index in [9.17, 15) is 4.79 Å². The number of halogens is 3. The lowest BCUT2D eigenvalue weighted by Gasteiger charge is -2.11. The predicted molar refractivity (Wildman–Crippen MR) is 174 cm³/mol. The van der Waals surface area contributed by atoms with Crippen LogP contribution in [0.4, 0.5) is 17.5 Å². The number of nitrogens with one attached hydrogen (secondary N) is 3. The summed E-state index contributed by atoms with van der Waals surface area (Å²) in [6.45, 7) is 0.